The smallest absolute Gasteiger partial charge is 0.328 e. The van der Waals surface area contributed by atoms with Gasteiger partial charge in [-0.1, -0.05) is 55.6 Å². The average Bonchev–Trinajstić information content (AvgIpc) is 2.97. The zero-order valence-corrected chi connectivity index (χ0v) is 19.4. The first-order chi connectivity index (χ1) is 13.8. The monoisotopic (exact) mass is 488 g/mol. The number of aromatic nitrogens is 1. The molecule has 0 amide bonds. The fourth-order valence-electron chi connectivity index (χ4n) is 3.25. The highest BCUT2D eigenvalue weighted by Gasteiger charge is 2.43. The van der Waals surface area contributed by atoms with Gasteiger partial charge in [-0.15, -0.1) is 0 Å². The maximum atomic E-state index is 13.7. The number of nitrogens with one attached hydrogen (secondary N) is 1. The van der Waals surface area contributed by atoms with Crippen LogP contribution < -0.4 is 4.31 Å². The van der Waals surface area contributed by atoms with E-state index in [1.807, 2.05) is 0 Å². The summed E-state index contributed by atoms with van der Waals surface area (Å²) in [6.07, 6.45) is 1.57. The Labute approximate surface area is 189 Å². The Bertz CT molecular complexity index is 1210. The number of hydrogen-bond acceptors (Lipinski definition) is 3. The van der Waals surface area contributed by atoms with Crippen LogP contribution in [0, 0.1) is 5.41 Å². The second-order valence-electron chi connectivity index (χ2n) is 7.88. The number of fused-ring (bicyclic) bond motifs is 1. The van der Waals surface area contributed by atoms with Gasteiger partial charge in [-0.25, -0.2) is 13.2 Å². The van der Waals surface area contributed by atoms with Gasteiger partial charge in [0.2, 0.25) is 0 Å². The molecule has 10 heteroatoms. The second kappa shape index (κ2) is 7.96. The van der Waals surface area contributed by atoms with Crippen molar-refractivity contribution < 1.29 is 18.3 Å². The number of halogens is 3. The summed E-state index contributed by atoms with van der Waals surface area (Å²) in [5.41, 5.74) is -0.102. The normalized spacial score (nSPS) is 13.4. The summed E-state index contributed by atoms with van der Waals surface area (Å²) in [6, 6.07) is 7.16. The molecule has 0 spiro atoms. The first-order valence-electron chi connectivity index (χ1n) is 8.82. The van der Waals surface area contributed by atoms with Gasteiger partial charge in [0.25, 0.3) is 10.0 Å². The van der Waals surface area contributed by atoms with Crippen molar-refractivity contribution in [3.05, 3.63) is 57.7 Å². The molecule has 1 unspecified atom stereocenters. The molecule has 1 heterocycles. The van der Waals surface area contributed by atoms with Crippen molar-refractivity contribution in [2.45, 2.75) is 31.7 Å². The molecule has 1 aromatic heterocycles. The van der Waals surface area contributed by atoms with Gasteiger partial charge in [-0.3, -0.25) is 4.31 Å². The van der Waals surface area contributed by atoms with E-state index >= 15 is 0 Å². The van der Waals surface area contributed by atoms with Gasteiger partial charge in [0.1, 0.15) is 6.04 Å². The van der Waals surface area contributed by atoms with E-state index in [1.54, 1.807) is 39.1 Å². The fraction of sp³-hybridized carbons (Fsp3) is 0.250. The summed E-state index contributed by atoms with van der Waals surface area (Å²) in [5.74, 6) is -1.29. The third kappa shape index (κ3) is 4.25. The topological polar surface area (TPSA) is 90.5 Å². The lowest BCUT2D eigenvalue weighted by molar-refractivity contribution is -0.140. The largest absolute Gasteiger partial charge is 0.480 e. The van der Waals surface area contributed by atoms with Crippen molar-refractivity contribution in [2.24, 2.45) is 5.41 Å². The van der Waals surface area contributed by atoms with Gasteiger partial charge in [0.05, 0.1) is 15.6 Å². The molecule has 1 atom stereocenters. The number of carboxylic acids is 1. The Morgan fingerprint density at radius 3 is 2.20 bits per heavy atom. The first-order valence-corrected chi connectivity index (χ1v) is 11.4. The van der Waals surface area contributed by atoms with Gasteiger partial charge in [0, 0.05) is 27.1 Å². The molecule has 0 aliphatic carbocycles. The molecule has 0 radical (unpaired) electrons. The van der Waals surface area contributed by atoms with Crippen LogP contribution in [0.2, 0.25) is 15.1 Å². The van der Waals surface area contributed by atoms with Crippen LogP contribution in [0.15, 0.2) is 47.5 Å². The molecule has 0 aliphatic heterocycles. The molecule has 0 saturated heterocycles. The standard InChI is InChI=1S/C20H19Cl3N2O4S/c1-20(2,3)18(19(26)27)25(13-4-5-17-15(9-13)16(23)10-24-17)30(28,29)14-7-11(21)6-12(22)8-14/h4-10,18,24H,1-3H3,(H,26,27). The number of sulfonamides is 1. The molecule has 2 aromatic carbocycles. The number of hydrogen-bond donors (Lipinski definition) is 2. The molecular weight excluding hydrogens is 471 g/mol. The maximum absolute atomic E-state index is 13.7. The number of rotatable bonds is 5. The van der Waals surface area contributed by atoms with Gasteiger partial charge in [-0.2, -0.15) is 0 Å². The Hall–Kier alpha value is -1.93. The molecule has 30 heavy (non-hydrogen) atoms. The number of H-pyrrole nitrogens is 1. The lowest BCUT2D eigenvalue weighted by Crippen LogP contribution is -2.52. The molecule has 0 aliphatic rings. The third-order valence-electron chi connectivity index (χ3n) is 4.55. The number of benzene rings is 2. The number of aliphatic carboxylic acids is 1. The summed E-state index contributed by atoms with van der Waals surface area (Å²) in [6.45, 7) is 4.96. The average molecular weight is 490 g/mol. The van der Waals surface area contributed by atoms with E-state index in [0.29, 0.717) is 15.9 Å². The summed E-state index contributed by atoms with van der Waals surface area (Å²) >= 11 is 18.2. The summed E-state index contributed by atoms with van der Waals surface area (Å²) in [4.78, 5) is 15.0. The highest BCUT2D eigenvalue weighted by Crippen LogP contribution is 2.37. The zero-order chi connectivity index (χ0) is 22.4. The van der Waals surface area contributed by atoms with Crippen molar-refractivity contribution in [3.8, 4) is 0 Å². The third-order valence-corrected chi connectivity index (χ3v) is 7.07. The molecule has 0 saturated carbocycles. The molecule has 3 aromatic rings. The molecule has 3 rings (SSSR count). The van der Waals surface area contributed by atoms with Gasteiger partial charge in [-0.05, 0) is 41.8 Å². The van der Waals surface area contributed by atoms with E-state index in [1.165, 1.54) is 24.3 Å². The quantitative estimate of drug-likeness (QED) is 0.472. The van der Waals surface area contributed by atoms with Crippen molar-refractivity contribution >= 4 is 67.4 Å². The Morgan fingerprint density at radius 2 is 1.67 bits per heavy atom. The van der Waals surface area contributed by atoms with Gasteiger partial charge >= 0.3 is 5.97 Å². The van der Waals surface area contributed by atoms with Crippen LogP contribution in [0.25, 0.3) is 10.9 Å². The van der Waals surface area contributed by atoms with Crippen LogP contribution in [0.4, 0.5) is 5.69 Å². The predicted octanol–water partition coefficient (Wildman–Crippen LogP) is 5.82. The minimum atomic E-state index is -4.36. The van der Waals surface area contributed by atoms with E-state index in [2.05, 4.69) is 4.98 Å². The lowest BCUT2D eigenvalue weighted by Gasteiger charge is -2.37. The number of aromatic amines is 1. The molecule has 0 bridgehead atoms. The molecule has 2 N–H and O–H groups in total. The van der Waals surface area contributed by atoms with Gasteiger partial charge in [0.15, 0.2) is 0 Å². The number of carbonyl (C=O) groups is 1. The molecule has 6 nitrogen and oxygen atoms in total. The number of carboxylic acid groups (broad SMARTS) is 1. The van der Waals surface area contributed by atoms with Crippen LogP contribution in [-0.4, -0.2) is 30.5 Å². The van der Waals surface area contributed by atoms with E-state index < -0.39 is 27.4 Å². The SMILES string of the molecule is CC(C)(C)C(C(=O)O)N(c1ccc2[nH]cc(Cl)c2c1)S(=O)(=O)c1cc(Cl)cc(Cl)c1. The van der Waals surface area contributed by atoms with Crippen LogP contribution in [-0.2, 0) is 14.8 Å². The van der Waals surface area contributed by atoms with Crippen molar-refractivity contribution in [1.29, 1.82) is 0 Å². The maximum Gasteiger partial charge on any atom is 0.328 e. The van der Waals surface area contributed by atoms with Crippen LogP contribution in [0.1, 0.15) is 20.8 Å². The molecule has 160 valence electrons. The Morgan fingerprint density at radius 1 is 1.07 bits per heavy atom. The Balaban J connectivity index is 2.33. The number of anilines is 1. The van der Waals surface area contributed by atoms with E-state index in [-0.39, 0.29) is 20.6 Å². The second-order valence-corrected chi connectivity index (χ2v) is 11.0. The number of nitrogens with zero attached hydrogens (tertiary/aromatic N) is 1. The minimum absolute atomic E-state index is 0.118. The van der Waals surface area contributed by atoms with Crippen LogP contribution in [0.3, 0.4) is 0 Å². The van der Waals surface area contributed by atoms with Crippen molar-refractivity contribution in [1.82, 2.24) is 4.98 Å². The van der Waals surface area contributed by atoms with Crippen molar-refractivity contribution in [2.75, 3.05) is 4.31 Å². The predicted molar refractivity (Wildman–Crippen MR) is 120 cm³/mol. The fourth-order valence-corrected chi connectivity index (χ4v) is 5.97. The Kier molecular flexibility index (Phi) is 6.04. The van der Waals surface area contributed by atoms with Gasteiger partial charge < -0.3 is 10.1 Å². The van der Waals surface area contributed by atoms with E-state index in [0.717, 1.165) is 4.31 Å². The van der Waals surface area contributed by atoms with Crippen molar-refractivity contribution in [3.63, 3.8) is 0 Å². The highest BCUT2D eigenvalue weighted by molar-refractivity contribution is 7.93. The zero-order valence-electron chi connectivity index (χ0n) is 16.3. The van der Waals surface area contributed by atoms with E-state index in [4.69, 9.17) is 34.8 Å². The summed E-state index contributed by atoms with van der Waals surface area (Å²) in [5, 5.41) is 11.2. The van der Waals surface area contributed by atoms with Crippen LogP contribution >= 0.6 is 34.8 Å². The molecular formula is C20H19Cl3N2O4S. The lowest BCUT2D eigenvalue weighted by atomic mass is 9.86. The van der Waals surface area contributed by atoms with Crippen LogP contribution in [0.5, 0.6) is 0 Å². The molecule has 0 fully saturated rings. The highest BCUT2D eigenvalue weighted by atomic mass is 35.5. The summed E-state index contributed by atoms with van der Waals surface area (Å²) < 4.78 is 28.3. The summed E-state index contributed by atoms with van der Waals surface area (Å²) in [7, 11) is -4.36. The first kappa shape index (κ1) is 22.7. The minimum Gasteiger partial charge on any atom is -0.480 e. The van der Waals surface area contributed by atoms with E-state index in [9.17, 15) is 18.3 Å².